The van der Waals surface area contributed by atoms with Crippen molar-refractivity contribution >= 4 is 78.2 Å². The number of aryl methyl sites for hydroxylation is 4. The van der Waals surface area contributed by atoms with E-state index in [0.29, 0.717) is 27.7 Å². The van der Waals surface area contributed by atoms with Crippen molar-refractivity contribution in [2.24, 2.45) is 0 Å². The Kier molecular flexibility index (Phi) is 8.95. The first-order chi connectivity index (χ1) is 18.4. The molecule has 0 aliphatic heterocycles. The van der Waals surface area contributed by atoms with E-state index in [4.69, 9.17) is 9.05 Å². The van der Waals surface area contributed by atoms with Gasteiger partial charge >= 0.3 is 0 Å². The summed E-state index contributed by atoms with van der Waals surface area (Å²) in [5.74, 6) is 1.32. The van der Waals surface area contributed by atoms with E-state index in [0.717, 1.165) is 53.6 Å². The fraction of sp³-hybridized carbons (Fsp3) is 0.280. The second-order valence-electron chi connectivity index (χ2n) is 8.97. The predicted molar refractivity (Wildman–Crippen MR) is 166 cm³/mol. The Morgan fingerprint density at radius 3 is 1.72 bits per heavy atom. The molecule has 2 aromatic carbocycles. The molecule has 14 heteroatoms. The summed E-state index contributed by atoms with van der Waals surface area (Å²) in [7, 11) is 0. The number of hydrogen-bond donors (Lipinski definition) is 1. The number of halogens is 3. The van der Waals surface area contributed by atoms with Gasteiger partial charge in [0.1, 0.15) is 21.7 Å². The zero-order valence-electron chi connectivity index (χ0n) is 21.2. The average molecular weight is 822 g/mol. The van der Waals surface area contributed by atoms with E-state index in [2.05, 4.69) is 76.7 Å². The lowest BCUT2D eigenvalue weighted by molar-refractivity contribution is -0.385. The molecular formula is C25H22BrI2N5O6. The molecule has 0 saturated heterocycles. The number of nitro groups is 2. The Morgan fingerprint density at radius 1 is 0.846 bits per heavy atom. The third-order valence-corrected chi connectivity index (χ3v) is 9.32. The maximum atomic E-state index is 11.4. The van der Waals surface area contributed by atoms with Gasteiger partial charge in [-0.25, -0.2) is 0 Å². The summed E-state index contributed by atoms with van der Waals surface area (Å²) in [6.07, 6.45) is 2.14. The number of benzene rings is 2. The van der Waals surface area contributed by atoms with Gasteiger partial charge in [-0.3, -0.25) is 20.2 Å². The standard InChI is InChI=1S/C14H14IN3O3.C11H8BrIN2O3/c1-7-13(8(2)21-17-7)9-5-11(15)14(16-10-3-4-10)12(6-9)18(19)20;1-5-10(6(2)18-14-5)7-3-8(13)11(12)9(4-7)15(16)17/h5-6,10,16H,3-4H2,1-2H3;3-4H,1-2H3. The molecule has 1 aliphatic rings. The highest BCUT2D eigenvalue weighted by Gasteiger charge is 2.28. The third kappa shape index (κ3) is 6.42. The Bertz CT molecular complexity index is 1560. The highest BCUT2D eigenvalue weighted by Crippen LogP contribution is 2.40. The lowest BCUT2D eigenvalue weighted by Crippen LogP contribution is -2.06. The number of nitro benzene ring substituents is 2. The van der Waals surface area contributed by atoms with Crippen LogP contribution in [0.25, 0.3) is 22.3 Å². The van der Waals surface area contributed by atoms with Crippen LogP contribution < -0.4 is 5.32 Å². The Labute approximate surface area is 258 Å². The first-order valence-electron chi connectivity index (χ1n) is 11.6. The van der Waals surface area contributed by atoms with Crippen molar-refractivity contribution in [1.82, 2.24) is 10.3 Å². The zero-order chi connectivity index (χ0) is 28.6. The summed E-state index contributed by atoms with van der Waals surface area (Å²) in [6.45, 7) is 7.24. The lowest BCUT2D eigenvalue weighted by atomic mass is 10.0. The number of rotatable bonds is 6. The molecule has 1 saturated carbocycles. The predicted octanol–water partition coefficient (Wildman–Crippen LogP) is 8.28. The molecule has 5 rings (SSSR count). The number of nitrogens with zero attached hydrogens (tertiary/aromatic N) is 4. The van der Waals surface area contributed by atoms with E-state index >= 15 is 0 Å². The van der Waals surface area contributed by atoms with Gasteiger partial charge in [-0.05, 0) is 125 Å². The van der Waals surface area contributed by atoms with Gasteiger partial charge < -0.3 is 14.4 Å². The maximum Gasteiger partial charge on any atom is 0.294 e. The van der Waals surface area contributed by atoms with Crippen molar-refractivity contribution in [3.63, 3.8) is 0 Å². The van der Waals surface area contributed by atoms with Gasteiger partial charge in [0, 0.05) is 36.4 Å². The molecule has 11 nitrogen and oxygen atoms in total. The quantitative estimate of drug-likeness (QED) is 0.115. The first-order valence-corrected chi connectivity index (χ1v) is 14.6. The lowest BCUT2D eigenvalue weighted by Gasteiger charge is -2.10. The van der Waals surface area contributed by atoms with Crippen LogP contribution in [0.3, 0.4) is 0 Å². The second kappa shape index (κ2) is 11.9. The van der Waals surface area contributed by atoms with Crippen LogP contribution >= 0.6 is 61.1 Å². The van der Waals surface area contributed by atoms with Crippen molar-refractivity contribution in [3.8, 4) is 22.3 Å². The molecule has 1 N–H and O–H groups in total. The van der Waals surface area contributed by atoms with Crippen LogP contribution in [0.1, 0.15) is 35.7 Å². The molecule has 0 spiro atoms. The SMILES string of the molecule is Cc1noc(C)c1-c1cc(I)c(Br)c([N+](=O)[O-])c1.Cc1noc(C)c1-c1cc(I)c(NC2CC2)c([N+](=O)[O-])c1. The zero-order valence-corrected chi connectivity index (χ0v) is 27.1. The summed E-state index contributed by atoms with van der Waals surface area (Å²) in [6, 6.07) is 7.29. The third-order valence-electron chi connectivity index (χ3n) is 6.04. The molecule has 0 radical (unpaired) electrons. The summed E-state index contributed by atoms with van der Waals surface area (Å²) in [5.41, 5.74) is 5.35. The van der Waals surface area contributed by atoms with Gasteiger partial charge in [-0.1, -0.05) is 10.3 Å². The van der Waals surface area contributed by atoms with E-state index in [-0.39, 0.29) is 16.3 Å². The monoisotopic (exact) mass is 821 g/mol. The fourth-order valence-corrected chi connectivity index (χ4v) is 5.85. The van der Waals surface area contributed by atoms with Crippen LogP contribution in [0.5, 0.6) is 0 Å². The van der Waals surface area contributed by atoms with Gasteiger partial charge in [0.05, 0.1) is 21.2 Å². The smallest absolute Gasteiger partial charge is 0.294 e. The van der Waals surface area contributed by atoms with Gasteiger partial charge in [-0.15, -0.1) is 0 Å². The van der Waals surface area contributed by atoms with Crippen molar-refractivity contribution in [2.45, 2.75) is 46.6 Å². The Balaban J connectivity index is 0.000000183. The average Bonchev–Trinajstić information content (AvgIpc) is 3.54. The van der Waals surface area contributed by atoms with Crippen LogP contribution in [0.15, 0.2) is 37.8 Å². The molecule has 0 bridgehead atoms. The normalized spacial score (nSPS) is 12.6. The van der Waals surface area contributed by atoms with Crippen molar-refractivity contribution in [1.29, 1.82) is 0 Å². The highest BCUT2D eigenvalue weighted by atomic mass is 127. The highest BCUT2D eigenvalue weighted by molar-refractivity contribution is 14.1. The molecule has 1 aliphatic carbocycles. The minimum atomic E-state index is -0.409. The molecule has 2 heterocycles. The molecule has 0 unspecified atom stereocenters. The number of hydrogen-bond acceptors (Lipinski definition) is 9. The van der Waals surface area contributed by atoms with Crippen molar-refractivity contribution < 1.29 is 18.9 Å². The fourth-order valence-electron chi connectivity index (χ4n) is 4.10. The molecule has 0 atom stereocenters. The van der Waals surface area contributed by atoms with E-state index in [1.807, 2.05) is 32.9 Å². The van der Waals surface area contributed by atoms with Crippen LogP contribution in [0, 0.1) is 55.1 Å². The molecule has 39 heavy (non-hydrogen) atoms. The minimum Gasteiger partial charge on any atom is -0.376 e. The topological polar surface area (TPSA) is 150 Å². The maximum absolute atomic E-state index is 11.4. The number of nitrogens with one attached hydrogen (secondary N) is 1. The molecule has 2 aromatic heterocycles. The van der Waals surface area contributed by atoms with Crippen LogP contribution in [0.4, 0.5) is 17.1 Å². The van der Waals surface area contributed by atoms with Gasteiger partial charge in [0.2, 0.25) is 0 Å². The largest absolute Gasteiger partial charge is 0.376 e. The van der Waals surface area contributed by atoms with Crippen LogP contribution in [0.2, 0.25) is 0 Å². The van der Waals surface area contributed by atoms with E-state index in [1.165, 1.54) is 6.07 Å². The molecule has 1 fully saturated rings. The van der Waals surface area contributed by atoms with E-state index in [9.17, 15) is 20.2 Å². The molecule has 204 valence electrons. The minimum absolute atomic E-state index is 0.0388. The van der Waals surface area contributed by atoms with E-state index in [1.54, 1.807) is 13.0 Å². The molecule has 0 amide bonds. The van der Waals surface area contributed by atoms with Crippen LogP contribution in [-0.2, 0) is 0 Å². The van der Waals surface area contributed by atoms with Crippen molar-refractivity contribution in [2.75, 3.05) is 5.32 Å². The summed E-state index contributed by atoms with van der Waals surface area (Å²) in [4.78, 5) is 21.6. The number of aromatic nitrogens is 2. The summed E-state index contributed by atoms with van der Waals surface area (Å²) >= 11 is 7.42. The van der Waals surface area contributed by atoms with E-state index < -0.39 is 4.92 Å². The Morgan fingerprint density at radius 2 is 1.31 bits per heavy atom. The molecule has 4 aromatic rings. The molecular weight excluding hydrogens is 800 g/mol. The van der Waals surface area contributed by atoms with Gasteiger partial charge in [0.25, 0.3) is 11.4 Å². The van der Waals surface area contributed by atoms with Crippen molar-refractivity contribution in [3.05, 3.63) is 79.0 Å². The van der Waals surface area contributed by atoms with Gasteiger partial charge in [0.15, 0.2) is 0 Å². The second-order valence-corrected chi connectivity index (χ2v) is 12.1. The summed E-state index contributed by atoms with van der Waals surface area (Å²) in [5, 5.41) is 33.4. The number of anilines is 1. The van der Waals surface area contributed by atoms with Crippen LogP contribution in [-0.4, -0.2) is 26.2 Å². The van der Waals surface area contributed by atoms with Gasteiger partial charge in [-0.2, -0.15) is 0 Å². The first kappa shape index (κ1) is 29.4. The summed E-state index contributed by atoms with van der Waals surface area (Å²) < 4.78 is 12.3. The Hall–Kier alpha value is -2.60.